The maximum Gasteiger partial charge on any atom is 0.246 e. The maximum atomic E-state index is 14.4. The molecule has 1 atom stereocenters. The van der Waals surface area contributed by atoms with Gasteiger partial charge in [0.1, 0.15) is 10.7 Å². The van der Waals surface area contributed by atoms with Crippen LogP contribution in [0.5, 0.6) is 0 Å². The molecule has 1 fully saturated rings. The van der Waals surface area contributed by atoms with Crippen molar-refractivity contribution in [3.63, 3.8) is 0 Å². The molecule has 1 aromatic rings. The summed E-state index contributed by atoms with van der Waals surface area (Å²) in [4.78, 5) is 11.1. The van der Waals surface area contributed by atoms with Crippen LogP contribution in [0.15, 0.2) is 17.0 Å². The van der Waals surface area contributed by atoms with Crippen LogP contribution in [0, 0.1) is 11.7 Å². The molecule has 2 heterocycles. The standard InChI is InChI=1S/C16H21FN2O3S/c1-10(2)14-4-3-7-19(14)23(21,22)15-8-11-5-6-16(20)18-13(11)9-12(15)17/h8-10,14H,3-7H2,1-2H3,(H,18,20). The highest BCUT2D eigenvalue weighted by Crippen LogP contribution is 2.34. The van der Waals surface area contributed by atoms with E-state index in [0.29, 0.717) is 24.2 Å². The van der Waals surface area contributed by atoms with Crippen molar-refractivity contribution < 1.29 is 17.6 Å². The quantitative estimate of drug-likeness (QED) is 0.919. The molecule has 0 spiro atoms. The van der Waals surface area contributed by atoms with E-state index in [9.17, 15) is 17.6 Å². The molecule has 1 N–H and O–H groups in total. The zero-order chi connectivity index (χ0) is 16.8. The number of anilines is 1. The normalized spacial score (nSPS) is 22.3. The van der Waals surface area contributed by atoms with Crippen molar-refractivity contribution >= 4 is 21.6 Å². The van der Waals surface area contributed by atoms with Gasteiger partial charge in [-0.2, -0.15) is 4.31 Å². The van der Waals surface area contributed by atoms with E-state index in [2.05, 4.69) is 5.32 Å². The van der Waals surface area contributed by atoms with Crippen LogP contribution in [0.2, 0.25) is 0 Å². The van der Waals surface area contributed by atoms with E-state index >= 15 is 0 Å². The fourth-order valence-electron chi connectivity index (χ4n) is 3.43. The van der Waals surface area contributed by atoms with E-state index < -0.39 is 15.8 Å². The fraction of sp³-hybridized carbons (Fsp3) is 0.562. The van der Waals surface area contributed by atoms with E-state index in [1.54, 1.807) is 0 Å². The maximum absolute atomic E-state index is 14.4. The van der Waals surface area contributed by atoms with Crippen molar-refractivity contribution in [1.82, 2.24) is 4.31 Å². The molecule has 126 valence electrons. The molecule has 1 amide bonds. The van der Waals surface area contributed by atoms with Gasteiger partial charge in [-0.15, -0.1) is 0 Å². The Labute approximate surface area is 135 Å². The van der Waals surface area contributed by atoms with Crippen LogP contribution < -0.4 is 5.32 Å². The summed E-state index contributed by atoms with van der Waals surface area (Å²) < 4.78 is 41.7. The van der Waals surface area contributed by atoms with Gasteiger partial charge in [-0.1, -0.05) is 13.8 Å². The van der Waals surface area contributed by atoms with Gasteiger partial charge in [0.05, 0.1) is 0 Å². The van der Waals surface area contributed by atoms with E-state index in [-0.39, 0.29) is 29.2 Å². The van der Waals surface area contributed by atoms with Crippen molar-refractivity contribution in [2.45, 2.75) is 50.5 Å². The topological polar surface area (TPSA) is 66.5 Å². The number of sulfonamides is 1. The Morgan fingerprint density at radius 2 is 2.04 bits per heavy atom. The first-order valence-corrected chi connectivity index (χ1v) is 9.39. The number of hydrogen-bond donors (Lipinski definition) is 1. The number of halogens is 1. The van der Waals surface area contributed by atoms with Gasteiger partial charge in [0, 0.05) is 24.7 Å². The summed E-state index contributed by atoms with van der Waals surface area (Å²) in [6.45, 7) is 4.40. The Morgan fingerprint density at radius 3 is 2.74 bits per heavy atom. The summed E-state index contributed by atoms with van der Waals surface area (Å²) in [5, 5.41) is 2.59. The third-order valence-electron chi connectivity index (χ3n) is 4.66. The minimum absolute atomic E-state index is 0.0878. The van der Waals surface area contributed by atoms with E-state index in [4.69, 9.17) is 0 Å². The predicted molar refractivity (Wildman–Crippen MR) is 85.1 cm³/mol. The number of rotatable bonds is 3. The van der Waals surface area contributed by atoms with Crippen LogP contribution in [0.3, 0.4) is 0 Å². The lowest BCUT2D eigenvalue weighted by molar-refractivity contribution is -0.116. The van der Waals surface area contributed by atoms with Crippen molar-refractivity contribution in [2.75, 3.05) is 11.9 Å². The fourth-order valence-corrected chi connectivity index (χ4v) is 5.36. The van der Waals surface area contributed by atoms with Gasteiger partial charge >= 0.3 is 0 Å². The molecule has 0 aromatic heterocycles. The molecule has 23 heavy (non-hydrogen) atoms. The first kappa shape index (κ1) is 16.4. The van der Waals surface area contributed by atoms with Crippen molar-refractivity contribution in [3.05, 3.63) is 23.5 Å². The Hall–Kier alpha value is -1.47. The van der Waals surface area contributed by atoms with E-state index in [1.165, 1.54) is 10.4 Å². The lowest BCUT2D eigenvalue weighted by Crippen LogP contribution is -2.39. The van der Waals surface area contributed by atoms with Gasteiger partial charge in [0.15, 0.2) is 0 Å². The monoisotopic (exact) mass is 340 g/mol. The summed E-state index contributed by atoms with van der Waals surface area (Å²) in [6, 6.07) is 2.42. The minimum atomic E-state index is -3.86. The molecule has 5 nitrogen and oxygen atoms in total. The molecule has 0 aliphatic carbocycles. The third kappa shape index (κ3) is 2.87. The number of benzene rings is 1. The summed E-state index contributed by atoms with van der Waals surface area (Å²) in [7, 11) is -3.86. The smallest absolute Gasteiger partial charge is 0.246 e. The Kier molecular flexibility index (Phi) is 4.18. The van der Waals surface area contributed by atoms with Crippen molar-refractivity contribution in [3.8, 4) is 0 Å². The molecule has 1 saturated heterocycles. The average molecular weight is 340 g/mol. The molecule has 1 aromatic carbocycles. The van der Waals surface area contributed by atoms with Gasteiger partial charge in [-0.05, 0) is 42.9 Å². The largest absolute Gasteiger partial charge is 0.326 e. The molecule has 7 heteroatoms. The zero-order valence-corrected chi connectivity index (χ0v) is 14.1. The number of aryl methyl sites for hydroxylation is 1. The number of carbonyl (C=O) groups is 1. The van der Waals surface area contributed by atoms with Crippen molar-refractivity contribution in [1.29, 1.82) is 0 Å². The number of hydrogen-bond acceptors (Lipinski definition) is 3. The second kappa shape index (κ2) is 5.87. The van der Waals surface area contributed by atoms with Crippen LogP contribution in [-0.4, -0.2) is 31.2 Å². The molecule has 3 rings (SSSR count). The van der Waals surface area contributed by atoms with Gasteiger partial charge in [-0.3, -0.25) is 4.79 Å². The average Bonchev–Trinajstić information content (AvgIpc) is 2.96. The summed E-state index contributed by atoms with van der Waals surface area (Å²) in [5.74, 6) is -0.792. The molecule has 0 bridgehead atoms. The number of nitrogens with zero attached hydrogens (tertiary/aromatic N) is 1. The lowest BCUT2D eigenvalue weighted by Gasteiger charge is -2.27. The highest BCUT2D eigenvalue weighted by Gasteiger charge is 2.38. The van der Waals surface area contributed by atoms with Crippen LogP contribution >= 0.6 is 0 Å². The van der Waals surface area contributed by atoms with Gasteiger partial charge < -0.3 is 5.32 Å². The Balaban J connectivity index is 2.02. The van der Waals surface area contributed by atoms with Gasteiger partial charge in [0.25, 0.3) is 0 Å². The van der Waals surface area contributed by atoms with Crippen LogP contribution in [0.25, 0.3) is 0 Å². The van der Waals surface area contributed by atoms with Gasteiger partial charge in [-0.25, -0.2) is 12.8 Å². The molecule has 2 aliphatic rings. The SMILES string of the molecule is CC(C)C1CCCN1S(=O)(=O)c1cc2c(cc1F)NC(=O)CC2. The molecular weight excluding hydrogens is 319 g/mol. The number of amides is 1. The number of carbonyl (C=O) groups excluding carboxylic acids is 1. The molecule has 1 unspecified atom stereocenters. The van der Waals surface area contributed by atoms with Crippen molar-refractivity contribution in [2.24, 2.45) is 5.92 Å². The predicted octanol–water partition coefficient (Wildman–Crippen LogP) is 2.52. The second-order valence-electron chi connectivity index (χ2n) is 6.56. The lowest BCUT2D eigenvalue weighted by atomic mass is 10.0. The zero-order valence-electron chi connectivity index (χ0n) is 13.3. The second-order valence-corrected chi connectivity index (χ2v) is 8.42. The number of fused-ring (bicyclic) bond motifs is 1. The molecule has 0 radical (unpaired) electrons. The van der Waals surface area contributed by atoms with Gasteiger partial charge in [0.2, 0.25) is 15.9 Å². The highest BCUT2D eigenvalue weighted by molar-refractivity contribution is 7.89. The molecule has 2 aliphatic heterocycles. The Morgan fingerprint density at radius 1 is 1.30 bits per heavy atom. The molecule has 0 saturated carbocycles. The number of nitrogens with one attached hydrogen (secondary N) is 1. The van der Waals surface area contributed by atoms with Crippen LogP contribution in [0.1, 0.15) is 38.7 Å². The third-order valence-corrected chi connectivity index (χ3v) is 6.60. The Bertz CT molecular complexity index is 746. The summed E-state index contributed by atoms with van der Waals surface area (Å²) in [5.41, 5.74) is 1.05. The summed E-state index contributed by atoms with van der Waals surface area (Å²) in [6.07, 6.45) is 2.32. The highest BCUT2D eigenvalue weighted by atomic mass is 32.2. The van der Waals surface area contributed by atoms with Crippen LogP contribution in [-0.2, 0) is 21.2 Å². The first-order valence-electron chi connectivity index (χ1n) is 7.95. The van der Waals surface area contributed by atoms with Crippen LogP contribution in [0.4, 0.5) is 10.1 Å². The van der Waals surface area contributed by atoms with E-state index in [0.717, 1.165) is 18.9 Å². The molecular formula is C16H21FN2O3S. The first-order chi connectivity index (χ1) is 10.8. The minimum Gasteiger partial charge on any atom is -0.326 e. The van der Waals surface area contributed by atoms with E-state index in [1.807, 2.05) is 13.8 Å². The summed E-state index contributed by atoms with van der Waals surface area (Å²) >= 11 is 0.